The molecule has 0 N–H and O–H groups in total. The molecule has 0 saturated heterocycles. The highest BCUT2D eigenvalue weighted by molar-refractivity contribution is 7.22. The minimum absolute atomic E-state index is 0.243. The first kappa shape index (κ1) is 35.6. The quantitative estimate of drug-likeness (QED) is 0.0313. The number of esters is 2. The normalized spacial score (nSPS) is 10.6. The van der Waals surface area contributed by atoms with Crippen molar-refractivity contribution in [2.24, 2.45) is 0 Å². The number of thiazole rings is 1. The molecule has 1 aromatic heterocycles. The first-order valence-electron chi connectivity index (χ1n) is 16.5. The first-order valence-corrected chi connectivity index (χ1v) is 17.3. The maximum absolute atomic E-state index is 13.3. The molecule has 8 nitrogen and oxygen atoms in total. The maximum Gasteiger partial charge on any atom is 0.343 e. The lowest BCUT2D eigenvalue weighted by molar-refractivity contribution is 0.0723. The number of allylic oxidation sites excluding steroid dienone is 1. The van der Waals surface area contributed by atoms with Gasteiger partial charge in [0.2, 0.25) is 0 Å². The lowest BCUT2D eigenvalue weighted by atomic mass is 10.1. The molecular formula is C41H38N2O6S. The van der Waals surface area contributed by atoms with Gasteiger partial charge >= 0.3 is 11.9 Å². The van der Waals surface area contributed by atoms with Crippen molar-refractivity contribution in [2.45, 2.75) is 45.4 Å². The van der Waals surface area contributed by atoms with Gasteiger partial charge in [-0.1, -0.05) is 50.8 Å². The maximum atomic E-state index is 13.3. The molecule has 0 amide bonds. The summed E-state index contributed by atoms with van der Waals surface area (Å²) in [5, 5.41) is 9.84. The zero-order chi connectivity index (χ0) is 35.3. The Hall–Kier alpha value is -5.72. The molecule has 254 valence electrons. The smallest absolute Gasteiger partial charge is 0.343 e. The van der Waals surface area contributed by atoms with Crippen molar-refractivity contribution in [3.8, 4) is 33.9 Å². The van der Waals surface area contributed by atoms with Crippen molar-refractivity contribution in [3.05, 3.63) is 132 Å². The Bertz CT molecular complexity index is 1990. The molecule has 0 bridgehead atoms. The van der Waals surface area contributed by atoms with Gasteiger partial charge in [-0.15, -0.1) is 11.3 Å². The third kappa shape index (κ3) is 9.46. The summed E-state index contributed by atoms with van der Waals surface area (Å²) < 4.78 is 23.5. The van der Waals surface area contributed by atoms with E-state index in [-0.39, 0.29) is 11.5 Å². The van der Waals surface area contributed by atoms with Crippen LogP contribution >= 0.6 is 11.3 Å². The predicted molar refractivity (Wildman–Crippen MR) is 196 cm³/mol. The molecule has 0 atom stereocenters. The number of unbranched alkanes of at least 4 members (excludes halogenated alkanes) is 3. The van der Waals surface area contributed by atoms with E-state index in [1.165, 1.54) is 11.3 Å². The molecule has 5 rings (SSSR count). The van der Waals surface area contributed by atoms with Crippen molar-refractivity contribution in [1.82, 2.24) is 4.98 Å². The fourth-order valence-electron chi connectivity index (χ4n) is 5.04. The van der Waals surface area contributed by atoms with E-state index in [1.54, 1.807) is 78.9 Å². The van der Waals surface area contributed by atoms with E-state index in [0.29, 0.717) is 56.6 Å². The summed E-state index contributed by atoms with van der Waals surface area (Å²) in [5.41, 5.74) is 3.59. The Morgan fingerprint density at radius 1 is 0.820 bits per heavy atom. The van der Waals surface area contributed by atoms with Gasteiger partial charge in [0.25, 0.3) is 0 Å². The minimum atomic E-state index is -0.551. The summed E-state index contributed by atoms with van der Waals surface area (Å²) in [6, 6.07) is 26.5. The largest absolute Gasteiger partial charge is 0.494 e. The first-order chi connectivity index (χ1) is 24.4. The van der Waals surface area contributed by atoms with E-state index in [1.807, 2.05) is 12.1 Å². The molecule has 0 aliphatic carbocycles. The highest BCUT2D eigenvalue weighted by atomic mass is 32.1. The summed E-state index contributed by atoms with van der Waals surface area (Å²) in [6.45, 7) is 10.7. The number of fused-ring (bicyclic) bond motifs is 1. The number of aromatic nitrogens is 1. The molecule has 1 heterocycles. The van der Waals surface area contributed by atoms with Crippen LogP contribution in [0.5, 0.6) is 17.2 Å². The van der Waals surface area contributed by atoms with Crippen LogP contribution in [0.25, 0.3) is 20.8 Å². The van der Waals surface area contributed by atoms with E-state index in [2.05, 4.69) is 26.2 Å². The van der Waals surface area contributed by atoms with Gasteiger partial charge in [0.1, 0.15) is 26.7 Å². The number of rotatable bonds is 17. The topological polar surface area (TPSA) is 108 Å². The van der Waals surface area contributed by atoms with Gasteiger partial charge in [0.05, 0.1) is 36.0 Å². The lowest BCUT2D eigenvalue weighted by Crippen LogP contribution is -2.10. The molecule has 0 saturated carbocycles. The Labute approximate surface area is 296 Å². The molecule has 0 fully saturated rings. The molecule has 0 unspecified atom stereocenters. The van der Waals surface area contributed by atoms with Crippen LogP contribution in [0.15, 0.2) is 110 Å². The van der Waals surface area contributed by atoms with Crippen molar-refractivity contribution < 1.29 is 28.5 Å². The van der Waals surface area contributed by atoms with Crippen molar-refractivity contribution in [3.63, 3.8) is 0 Å². The Balaban J connectivity index is 1.27. The fraction of sp³-hybridized carbons (Fsp3) is 0.220. The average Bonchev–Trinajstić information content (AvgIpc) is 3.61. The zero-order valence-corrected chi connectivity index (χ0v) is 28.8. The zero-order valence-electron chi connectivity index (χ0n) is 28.0. The van der Waals surface area contributed by atoms with Gasteiger partial charge in [-0.3, -0.25) is 0 Å². The Morgan fingerprint density at radius 3 is 2.08 bits per heavy atom. The van der Waals surface area contributed by atoms with E-state index < -0.39 is 11.9 Å². The van der Waals surface area contributed by atoms with Crippen molar-refractivity contribution in [2.75, 3.05) is 13.2 Å². The second-order valence-electron chi connectivity index (χ2n) is 11.5. The number of carbonyl (C=O) groups is 2. The van der Waals surface area contributed by atoms with Crippen LogP contribution in [-0.2, 0) is 11.2 Å². The van der Waals surface area contributed by atoms with E-state index >= 15 is 0 Å². The summed E-state index contributed by atoms with van der Waals surface area (Å²) >= 11 is 1.30. The molecule has 9 heteroatoms. The number of carbonyl (C=O) groups excluding carboxylic acids is 2. The van der Waals surface area contributed by atoms with E-state index in [4.69, 9.17) is 23.9 Å². The number of hydrogen-bond donors (Lipinski definition) is 0. The van der Waals surface area contributed by atoms with Crippen LogP contribution in [0.3, 0.4) is 0 Å². The number of benzene rings is 4. The average molecular weight is 687 g/mol. The van der Waals surface area contributed by atoms with Crippen LogP contribution in [0.2, 0.25) is 0 Å². The molecule has 0 aliphatic rings. The van der Waals surface area contributed by atoms with Gasteiger partial charge < -0.3 is 18.9 Å². The van der Waals surface area contributed by atoms with Crippen LogP contribution < -0.4 is 14.2 Å². The molecule has 5 aromatic rings. The van der Waals surface area contributed by atoms with Gasteiger partial charge in [-0.05, 0) is 104 Å². The summed E-state index contributed by atoms with van der Waals surface area (Å²) in [7, 11) is 0. The van der Waals surface area contributed by atoms with Crippen LogP contribution in [0, 0.1) is 11.3 Å². The van der Waals surface area contributed by atoms with Crippen molar-refractivity contribution >= 4 is 33.5 Å². The number of nitriles is 1. The van der Waals surface area contributed by atoms with E-state index in [0.717, 1.165) is 49.7 Å². The second-order valence-corrected chi connectivity index (χ2v) is 12.5. The van der Waals surface area contributed by atoms with Gasteiger partial charge in [-0.2, -0.15) is 5.26 Å². The van der Waals surface area contributed by atoms with Crippen LogP contribution in [0.4, 0.5) is 0 Å². The fourth-order valence-corrected chi connectivity index (χ4v) is 6.08. The third-order valence-electron chi connectivity index (χ3n) is 7.78. The summed E-state index contributed by atoms with van der Waals surface area (Å²) in [6.07, 6.45) is 7.41. The molecular weight excluding hydrogens is 649 g/mol. The van der Waals surface area contributed by atoms with Crippen molar-refractivity contribution in [1.29, 1.82) is 5.26 Å². The number of hydrogen-bond acceptors (Lipinski definition) is 9. The monoisotopic (exact) mass is 686 g/mol. The SMILES string of the molecule is C=CC(=C)OCCCCCCOc1ccc(C(=O)Oc2ccc(OC(=O)c3ccc(CCC)cc3)c3nc(-c4ccc(C#N)cc4)sc23)cc1. The molecule has 4 aromatic carbocycles. The standard InChI is InChI=1S/C41H38N2O6S/c1-4-10-29-11-17-32(18-12-29)40(44)48-35-23-24-36(38-37(35)43-39(50-38)31-15-13-30(27-42)14-16-31)49-41(45)33-19-21-34(22-20-33)47-26-9-7-6-8-25-46-28(3)5-2/h5,11-24H,2-4,6-10,25-26H2,1H3. The second kappa shape index (κ2) is 17.6. The summed E-state index contributed by atoms with van der Waals surface area (Å²) in [5.74, 6) is 0.707. The van der Waals surface area contributed by atoms with Gasteiger partial charge in [0.15, 0.2) is 11.5 Å². The minimum Gasteiger partial charge on any atom is -0.494 e. The Morgan fingerprint density at radius 2 is 1.44 bits per heavy atom. The van der Waals surface area contributed by atoms with Crippen LogP contribution in [-0.4, -0.2) is 30.1 Å². The van der Waals surface area contributed by atoms with Gasteiger partial charge in [-0.25, -0.2) is 14.6 Å². The summed E-state index contributed by atoms with van der Waals surface area (Å²) in [4.78, 5) is 31.2. The molecule has 0 aliphatic heterocycles. The third-order valence-corrected chi connectivity index (χ3v) is 8.90. The number of nitrogens with zero attached hydrogens (tertiary/aromatic N) is 2. The molecule has 0 radical (unpaired) electrons. The highest BCUT2D eigenvalue weighted by Crippen LogP contribution is 2.41. The molecule has 0 spiro atoms. The number of ether oxygens (including phenoxy) is 4. The van der Waals surface area contributed by atoms with Crippen LogP contribution in [0.1, 0.15) is 70.9 Å². The van der Waals surface area contributed by atoms with E-state index in [9.17, 15) is 14.9 Å². The lowest BCUT2D eigenvalue weighted by Gasteiger charge is -2.10. The Kier molecular flexibility index (Phi) is 12.5. The molecule has 50 heavy (non-hydrogen) atoms. The predicted octanol–water partition coefficient (Wildman–Crippen LogP) is 9.88. The van der Waals surface area contributed by atoms with Gasteiger partial charge in [0, 0.05) is 5.56 Å². The number of aryl methyl sites for hydroxylation is 1. The highest BCUT2D eigenvalue weighted by Gasteiger charge is 2.21.